The number of carbonyl (C=O) groups is 2. The van der Waals surface area contributed by atoms with Crippen LogP contribution in [0.1, 0.15) is 17.4 Å². The predicted octanol–water partition coefficient (Wildman–Crippen LogP) is 2.34. The first-order valence-corrected chi connectivity index (χ1v) is 9.48. The third kappa shape index (κ3) is 4.18. The van der Waals surface area contributed by atoms with Crippen LogP contribution in [0.15, 0.2) is 36.5 Å². The Bertz CT molecular complexity index is 894. The molecule has 4 rings (SSSR count). The number of anilines is 2. The van der Waals surface area contributed by atoms with Gasteiger partial charge in [0.05, 0.1) is 18.5 Å². The highest BCUT2D eigenvalue weighted by Crippen LogP contribution is 2.34. The second-order valence-corrected chi connectivity index (χ2v) is 6.60. The summed E-state index contributed by atoms with van der Waals surface area (Å²) in [6, 6.07) is 8.78. The Kier molecular flexibility index (Phi) is 5.37. The number of carbonyl (C=O) groups excluding carboxylic acids is 2. The van der Waals surface area contributed by atoms with E-state index >= 15 is 0 Å². The number of hydrogen-bond donors (Lipinski definition) is 1. The fraction of sp³-hybridized carbons (Fsp3) is 0.350. The summed E-state index contributed by atoms with van der Waals surface area (Å²) in [5, 5.41) is 2.81. The fourth-order valence-corrected chi connectivity index (χ4v) is 3.24. The van der Waals surface area contributed by atoms with Gasteiger partial charge < -0.3 is 29.3 Å². The predicted molar refractivity (Wildman–Crippen MR) is 106 cm³/mol. The van der Waals surface area contributed by atoms with Crippen molar-refractivity contribution >= 4 is 23.4 Å². The van der Waals surface area contributed by atoms with E-state index < -0.39 is 0 Å². The van der Waals surface area contributed by atoms with Gasteiger partial charge in [0.15, 0.2) is 11.5 Å². The number of nitrogens with zero attached hydrogens (tertiary/aromatic N) is 3. The van der Waals surface area contributed by atoms with Gasteiger partial charge in [0, 0.05) is 37.9 Å². The molecule has 1 aromatic heterocycles. The van der Waals surface area contributed by atoms with Crippen LogP contribution in [0.25, 0.3) is 0 Å². The summed E-state index contributed by atoms with van der Waals surface area (Å²) in [6.45, 7) is 4.90. The van der Waals surface area contributed by atoms with Gasteiger partial charge in [0.1, 0.15) is 5.69 Å². The Balaban J connectivity index is 1.34. The lowest BCUT2D eigenvalue weighted by atomic mass is 10.2. The summed E-state index contributed by atoms with van der Waals surface area (Å²) in [6.07, 6.45) is 1.40. The maximum absolute atomic E-state index is 12.5. The minimum absolute atomic E-state index is 0.184. The Morgan fingerprint density at radius 1 is 1.10 bits per heavy atom. The van der Waals surface area contributed by atoms with Crippen molar-refractivity contribution in [1.29, 1.82) is 0 Å². The lowest BCUT2D eigenvalue weighted by molar-refractivity contribution is 0.101. The van der Waals surface area contributed by atoms with Crippen LogP contribution in [-0.4, -0.2) is 61.5 Å². The number of fused-ring (bicyclic) bond motifs is 1. The molecule has 0 aliphatic carbocycles. The first-order valence-electron chi connectivity index (χ1n) is 9.48. The second-order valence-electron chi connectivity index (χ2n) is 6.60. The molecule has 1 aromatic carbocycles. The van der Waals surface area contributed by atoms with E-state index in [9.17, 15) is 9.59 Å². The highest BCUT2D eigenvalue weighted by Gasteiger charge is 2.22. The van der Waals surface area contributed by atoms with Gasteiger partial charge in [0.25, 0.3) is 5.91 Å². The van der Waals surface area contributed by atoms with Crippen molar-refractivity contribution in [2.24, 2.45) is 0 Å². The third-order valence-electron chi connectivity index (χ3n) is 4.78. The Morgan fingerprint density at radius 3 is 2.62 bits per heavy atom. The molecule has 29 heavy (non-hydrogen) atoms. The van der Waals surface area contributed by atoms with Crippen LogP contribution >= 0.6 is 0 Å². The summed E-state index contributed by atoms with van der Waals surface area (Å²) >= 11 is 0. The Morgan fingerprint density at radius 2 is 1.90 bits per heavy atom. The zero-order valence-corrected chi connectivity index (χ0v) is 16.1. The average Bonchev–Trinajstić information content (AvgIpc) is 3.22. The maximum atomic E-state index is 12.5. The number of aromatic nitrogens is 1. The van der Waals surface area contributed by atoms with Gasteiger partial charge in [-0.15, -0.1) is 0 Å². The van der Waals surface area contributed by atoms with Crippen LogP contribution in [0, 0.1) is 0 Å². The molecule has 9 nitrogen and oxygen atoms in total. The van der Waals surface area contributed by atoms with Crippen LogP contribution in [0.3, 0.4) is 0 Å². The standard InChI is InChI=1S/C20H22N4O5/c1-2-27-20(26)24-9-7-23(8-10-24)15-4-5-16(21-12-15)19(25)22-14-3-6-17-18(11-14)29-13-28-17/h3-6,11-12H,2,7-10,13H2,1H3,(H,22,25). The summed E-state index contributed by atoms with van der Waals surface area (Å²) in [7, 11) is 0. The summed E-state index contributed by atoms with van der Waals surface area (Å²) in [5.41, 5.74) is 1.84. The smallest absolute Gasteiger partial charge is 0.409 e. The van der Waals surface area contributed by atoms with E-state index in [-0.39, 0.29) is 18.8 Å². The van der Waals surface area contributed by atoms with Gasteiger partial charge in [-0.25, -0.2) is 9.78 Å². The van der Waals surface area contributed by atoms with Gasteiger partial charge in [-0.1, -0.05) is 0 Å². The number of nitrogens with one attached hydrogen (secondary N) is 1. The van der Waals surface area contributed by atoms with Crippen molar-refractivity contribution < 1.29 is 23.8 Å². The van der Waals surface area contributed by atoms with Crippen LogP contribution < -0.4 is 19.7 Å². The van der Waals surface area contributed by atoms with E-state index in [0.29, 0.717) is 55.7 Å². The molecule has 2 amide bonds. The highest BCUT2D eigenvalue weighted by molar-refractivity contribution is 6.03. The zero-order valence-electron chi connectivity index (χ0n) is 16.1. The molecule has 2 aromatic rings. The Hall–Kier alpha value is -3.49. The molecule has 1 N–H and O–H groups in total. The van der Waals surface area contributed by atoms with Gasteiger partial charge in [-0.2, -0.15) is 0 Å². The van der Waals surface area contributed by atoms with Gasteiger partial charge in [-0.3, -0.25) is 4.79 Å². The van der Waals surface area contributed by atoms with Crippen molar-refractivity contribution in [2.45, 2.75) is 6.92 Å². The second kappa shape index (κ2) is 8.26. The molecule has 152 valence electrons. The zero-order chi connectivity index (χ0) is 20.2. The molecular formula is C20H22N4O5. The molecule has 1 fully saturated rings. The van der Waals surface area contributed by atoms with Crippen molar-refractivity contribution in [1.82, 2.24) is 9.88 Å². The van der Waals surface area contributed by atoms with E-state index in [1.54, 1.807) is 42.3 Å². The monoisotopic (exact) mass is 398 g/mol. The molecule has 0 saturated carbocycles. The molecule has 0 spiro atoms. The lowest BCUT2D eigenvalue weighted by Crippen LogP contribution is -2.49. The summed E-state index contributed by atoms with van der Waals surface area (Å²) < 4.78 is 15.6. The number of benzene rings is 1. The van der Waals surface area contributed by atoms with Gasteiger partial charge in [0.2, 0.25) is 6.79 Å². The number of rotatable bonds is 4. The molecule has 1 saturated heterocycles. The molecule has 3 heterocycles. The highest BCUT2D eigenvalue weighted by atomic mass is 16.7. The Labute approximate surface area is 168 Å². The van der Waals surface area contributed by atoms with E-state index in [1.165, 1.54) is 0 Å². The quantitative estimate of drug-likeness (QED) is 0.845. The molecule has 0 radical (unpaired) electrons. The minimum atomic E-state index is -0.303. The van der Waals surface area contributed by atoms with Crippen LogP contribution in [0.4, 0.5) is 16.2 Å². The molecule has 2 aliphatic rings. The van der Waals surface area contributed by atoms with Crippen molar-refractivity contribution in [3.63, 3.8) is 0 Å². The van der Waals surface area contributed by atoms with Crippen LogP contribution in [-0.2, 0) is 4.74 Å². The van der Waals surface area contributed by atoms with E-state index in [1.807, 2.05) is 6.07 Å². The largest absolute Gasteiger partial charge is 0.454 e. The van der Waals surface area contributed by atoms with Crippen LogP contribution in [0.5, 0.6) is 11.5 Å². The topological polar surface area (TPSA) is 93.2 Å². The number of piperazine rings is 1. The molecule has 9 heteroatoms. The summed E-state index contributed by atoms with van der Waals surface area (Å²) in [4.78, 5) is 32.4. The van der Waals surface area contributed by atoms with E-state index in [4.69, 9.17) is 14.2 Å². The average molecular weight is 398 g/mol. The SMILES string of the molecule is CCOC(=O)N1CCN(c2ccc(C(=O)Nc3ccc4c(c3)OCO4)nc2)CC1. The molecular weight excluding hydrogens is 376 g/mol. The first-order chi connectivity index (χ1) is 14.1. The lowest BCUT2D eigenvalue weighted by Gasteiger charge is -2.35. The molecule has 0 bridgehead atoms. The van der Waals surface area contributed by atoms with Gasteiger partial charge in [-0.05, 0) is 31.2 Å². The van der Waals surface area contributed by atoms with Crippen molar-refractivity contribution in [2.75, 3.05) is 49.8 Å². The van der Waals surface area contributed by atoms with E-state index in [2.05, 4.69) is 15.2 Å². The van der Waals surface area contributed by atoms with Crippen molar-refractivity contribution in [3.05, 3.63) is 42.2 Å². The maximum Gasteiger partial charge on any atom is 0.409 e. The number of amides is 2. The number of ether oxygens (including phenoxy) is 3. The fourth-order valence-electron chi connectivity index (χ4n) is 3.24. The number of pyridine rings is 1. The molecule has 0 unspecified atom stereocenters. The minimum Gasteiger partial charge on any atom is -0.454 e. The number of hydrogen-bond acceptors (Lipinski definition) is 7. The van der Waals surface area contributed by atoms with Crippen LogP contribution in [0.2, 0.25) is 0 Å². The first kappa shape index (κ1) is 18.9. The van der Waals surface area contributed by atoms with Crippen molar-refractivity contribution in [3.8, 4) is 11.5 Å². The third-order valence-corrected chi connectivity index (χ3v) is 4.78. The van der Waals surface area contributed by atoms with Gasteiger partial charge >= 0.3 is 6.09 Å². The summed E-state index contributed by atoms with van der Waals surface area (Å²) in [5.74, 6) is 0.962. The normalized spacial score (nSPS) is 15.2. The molecule has 2 aliphatic heterocycles. The van der Waals surface area contributed by atoms with E-state index in [0.717, 1.165) is 5.69 Å². The molecule has 0 atom stereocenters.